The van der Waals surface area contributed by atoms with E-state index in [9.17, 15) is 13.6 Å². The minimum atomic E-state index is -0.733. The highest BCUT2D eigenvalue weighted by Crippen LogP contribution is 2.23. The van der Waals surface area contributed by atoms with Crippen molar-refractivity contribution in [2.24, 2.45) is 0 Å². The zero-order chi connectivity index (χ0) is 14.0. The molecule has 0 aromatic heterocycles. The standard InChI is InChI=1S/C14H8Br2F2O/c15-9-3-1-2-8(6-9)13(19)7-10-12(17)5-4-11(16)14(10)18/h1-6H,7H2. The van der Waals surface area contributed by atoms with E-state index in [0.717, 1.165) is 10.5 Å². The number of carbonyl (C=O) groups is 1. The highest BCUT2D eigenvalue weighted by Gasteiger charge is 2.17. The van der Waals surface area contributed by atoms with Gasteiger partial charge in [-0.2, -0.15) is 0 Å². The van der Waals surface area contributed by atoms with Crippen molar-refractivity contribution in [1.82, 2.24) is 0 Å². The number of benzene rings is 2. The number of rotatable bonds is 3. The smallest absolute Gasteiger partial charge is 0.167 e. The van der Waals surface area contributed by atoms with Crippen LogP contribution in [0, 0.1) is 11.6 Å². The third kappa shape index (κ3) is 3.28. The Hall–Kier alpha value is -1.07. The van der Waals surface area contributed by atoms with Crippen LogP contribution < -0.4 is 0 Å². The van der Waals surface area contributed by atoms with Crippen molar-refractivity contribution in [3.05, 3.63) is 68.1 Å². The molecule has 0 aliphatic carbocycles. The van der Waals surface area contributed by atoms with Gasteiger partial charge in [-0.15, -0.1) is 0 Å². The van der Waals surface area contributed by atoms with Gasteiger partial charge in [0.2, 0.25) is 0 Å². The summed E-state index contributed by atoms with van der Waals surface area (Å²) in [7, 11) is 0. The molecule has 0 fully saturated rings. The molecule has 0 amide bonds. The summed E-state index contributed by atoms with van der Waals surface area (Å²) < 4.78 is 28.2. The molecule has 2 aromatic rings. The van der Waals surface area contributed by atoms with Crippen LogP contribution in [0.3, 0.4) is 0 Å². The maximum absolute atomic E-state index is 13.8. The van der Waals surface area contributed by atoms with Gasteiger partial charge in [0.05, 0.1) is 4.47 Å². The van der Waals surface area contributed by atoms with Crippen molar-refractivity contribution in [2.75, 3.05) is 0 Å². The van der Waals surface area contributed by atoms with Crippen LogP contribution in [0.25, 0.3) is 0 Å². The van der Waals surface area contributed by atoms with E-state index in [1.165, 1.54) is 6.07 Å². The van der Waals surface area contributed by atoms with E-state index >= 15 is 0 Å². The van der Waals surface area contributed by atoms with Crippen molar-refractivity contribution in [1.29, 1.82) is 0 Å². The Labute approximate surface area is 125 Å². The van der Waals surface area contributed by atoms with E-state index in [-0.39, 0.29) is 22.2 Å². The molecule has 0 N–H and O–H groups in total. The van der Waals surface area contributed by atoms with Crippen LogP contribution in [-0.4, -0.2) is 5.78 Å². The molecule has 0 atom stereocenters. The summed E-state index contributed by atoms with van der Waals surface area (Å²) in [6.45, 7) is 0. The molecule has 2 aromatic carbocycles. The summed E-state index contributed by atoms with van der Waals surface area (Å²) in [6, 6.07) is 9.12. The van der Waals surface area contributed by atoms with Gasteiger partial charge in [0.1, 0.15) is 11.6 Å². The summed E-state index contributed by atoms with van der Waals surface area (Å²) in [5.41, 5.74) is 0.188. The van der Waals surface area contributed by atoms with Crippen molar-refractivity contribution in [3.63, 3.8) is 0 Å². The Bertz CT molecular complexity index is 641. The lowest BCUT2D eigenvalue weighted by Crippen LogP contribution is -2.07. The molecule has 1 nitrogen and oxygen atoms in total. The predicted molar refractivity (Wildman–Crippen MR) is 76.2 cm³/mol. The average Bonchev–Trinajstić information content (AvgIpc) is 2.39. The number of carbonyl (C=O) groups excluding carboxylic acids is 1. The molecule has 0 saturated carbocycles. The van der Waals surface area contributed by atoms with Crippen molar-refractivity contribution >= 4 is 37.6 Å². The van der Waals surface area contributed by atoms with Crippen molar-refractivity contribution in [2.45, 2.75) is 6.42 Å². The highest BCUT2D eigenvalue weighted by atomic mass is 79.9. The van der Waals surface area contributed by atoms with Crippen LogP contribution in [-0.2, 0) is 6.42 Å². The average molecular weight is 390 g/mol. The van der Waals surface area contributed by atoms with Gasteiger partial charge in [0.25, 0.3) is 0 Å². The van der Waals surface area contributed by atoms with Gasteiger partial charge >= 0.3 is 0 Å². The monoisotopic (exact) mass is 388 g/mol. The molecule has 19 heavy (non-hydrogen) atoms. The van der Waals surface area contributed by atoms with Gasteiger partial charge in [-0.05, 0) is 40.2 Å². The first kappa shape index (κ1) is 14.3. The molecule has 0 unspecified atom stereocenters. The highest BCUT2D eigenvalue weighted by molar-refractivity contribution is 9.10. The molecule has 0 aliphatic heterocycles. The summed E-state index contributed by atoms with van der Waals surface area (Å²) in [5.74, 6) is -1.79. The first-order valence-corrected chi connectivity index (χ1v) is 6.99. The normalized spacial score (nSPS) is 10.5. The molecule has 0 spiro atoms. The lowest BCUT2D eigenvalue weighted by molar-refractivity contribution is 0.0990. The van der Waals surface area contributed by atoms with E-state index in [0.29, 0.717) is 5.56 Å². The minimum Gasteiger partial charge on any atom is -0.294 e. The summed E-state index contributed by atoms with van der Waals surface area (Å²) in [6.07, 6.45) is -0.312. The van der Waals surface area contributed by atoms with E-state index in [2.05, 4.69) is 31.9 Å². The fourth-order valence-electron chi connectivity index (χ4n) is 1.66. The number of ketones is 1. The number of hydrogen-bond acceptors (Lipinski definition) is 1. The van der Waals surface area contributed by atoms with Gasteiger partial charge in [-0.1, -0.05) is 28.1 Å². The van der Waals surface area contributed by atoms with Gasteiger partial charge in [0.15, 0.2) is 5.78 Å². The molecular formula is C14H8Br2F2O. The zero-order valence-corrected chi connectivity index (χ0v) is 12.8. The Morgan fingerprint density at radius 2 is 1.84 bits per heavy atom. The Balaban J connectivity index is 2.32. The van der Waals surface area contributed by atoms with Crippen LogP contribution >= 0.6 is 31.9 Å². The molecule has 5 heteroatoms. The van der Waals surface area contributed by atoms with Crippen LogP contribution in [0.5, 0.6) is 0 Å². The Kier molecular flexibility index (Phi) is 4.47. The number of halogens is 4. The van der Waals surface area contributed by atoms with Crippen LogP contribution in [0.4, 0.5) is 8.78 Å². The molecule has 0 aliphatic rings. The second-order valence-electron chi connectivity index (χ2n) is 3.93. The predicted octanol–water partition coefficient (Wildman–Crippen LogP) is 4.92. The van der Waals surface area contributed by atoms with E-state index < -0.39 is 11.6 Å². The molecular weight excluding hydrogens is 382 g/mol. The maximum atomic E-state index is 13.8. The van der Waals surface area contributed by atoms with Gasteiger partial charge < -0.3 is 0 Å². The quantitative estimate of drug-likeness (QED) is 0.538. The SMILES string of the molecule is O=C(Cc1c(F)ccc(Br)c1F)c1cccc(Br)c1. The van der Waals surface area contributed by atoms with Crippen molar-refractivity contribution < 1.29 is 13.6 Å². The summed E-state index contributed by atoms with van der Waals surface area (Å²) in [5, 5.41) is 0. The Morgan fingerprint density at radius 1 is 1.11 bits per heavy atom. The zero-order valence-electron chi connectivity index (χ0n) is 9.59. The first-order valence-electron chi connectivity index (χ1n) is 5.40. The minimum absolute atomic E-state index is 0.144. The largest absolute Gasteiger partial charge is 0.294 e. The third-order valence-corrected chi connectivity index (χ3v) is 3.73. The lowest BCUT2D eigenvalue weighted by atomic mass is 10.0. The third-order valence-electron chi connectivity index (χ3n) is 2.62. The number of Topliss-reactive ketones (excluding diaryl/α,β-unsaturated/α-hetero) is 1. The van der Waals surface area contributed by atoms with E-state index in [1.807, 2.05) is 0 Å². The van der Waals surface area contributed by atoms with Crippen molar-refractivity contribution in [3.8, 4) is 0 Å². The second kappa shape index (κ2) is 5.92. The van der Waals surface area contributed by atoms with Crippen LogP contribution in [0.15, 0.2) is 45.3 Å². The second-order valence-corrected chi connectivity index (χ2v) is 5.70. The number of hydrogen-bond donors (Lipinski definition) is 0. The first-order chi connectivity index (χ1) is 8.99. The molecule has 0 saturated heterocycles. The lowest BCUT2D eigenvalue weighted by Gasteiger charge is -2.06. The van der Waals surface area contributed by atoms with Crippen LogP contribution in [0.1, 0.15) is 15.9 Å². The van der Waals surface area contributed by atoms with E-state index in [1.54, 1.807) is 24.3 Å². The summed E-state index contributed by atoms with van der Waals surface area (Å²) >= 11 is 6.23. The molecule has 0 heterocycles. The Morgan fingerprint density at radius 3 is 2.53 bits per heavy atom. The van der Waals surface area contributed by atoms with Gasteiger partial charge in [-0.25, -0.2) is 8.78 Å². The molecule has 0 radical (unpaired) electrons. The molecule has 98 valence electrons. The molecule has 2 rings (SSSR count). The maximum Gasteiger partial charge on any atom is 0.167 e. The molecule has 0 bridgehead atoms. The van der Waals surface area contributed by atoms with Gasteiger partial charge in [0, 0.05) is 22.0 Å². The van der Waals surface area contributed by atoms with Crippen LogP contribution in [0.2, 0.25) is 0 Å². The van der Waals surface area contributed by atoms with Gasteiger partial charge in [-0.3, -0.25) is 4.79 Å². The topological polar surface area (TPSA) is 17.1 Å². The summed E-state index contributed by atoms with van der Waals surface area (Å²) in [4.78, 5) is 12.0. The van der Waals surface area contributed by atoms with E-state index in [4.69, 9.17) is 0 Å². The fourth-order valence-corrected chi connectivity index (χ4v) is 2.43. The fraction of sp³-hybridized carbons (Fsp3) is 0.0714.